The summed E-state index contributed by atoms with van der Waals surface area (Å²) in [4.78, 5) is 32.1. The van der Waals surface area contributed by atoms with Gasteiger partial charge in [0.05, 0.1) is 28.4 Å². The fourth-order valence-corrected chi connectivity index (χ4v) is 2.98. The lowest BCUT2D eigenvalue weighted by atomic mass is 10.0. The van der Waals surface area contributed by atoms with Crippen molar-refractivity contribution in [1.82, 2.24) is 14.6 Å². The number of hydrogen-bond donors (Lipinski definition) is 2. The van der Waals surface area contributed by atoms with E-state index < -0.39 is 33.0 Å². The van der Waals surface area contributed by atoms with Gasteiger partial charge in [0.1, 0.15) is 0 Å². The third kappa shape index (κ3) is 3.69. The molecular formula is C15H11F3N4O4S. The topological polar surface area (TPSA) is 114 Å². The van der Waals surface area contributed by atoms with Gasteiger partial charge in [0.15, 0.2) is 0 Å². The quantitative estimate of drug-likeness (QED) is 0.687. The third-order valence-corrected chi connectivity index (χ3v) is 4.05. The molecule has 0 aliphatic carbocycles. The highest BCUT2D eigenvalue weighted by molar-refractivity contribution is 7.91. The highest BCUT2D eigenvalue weighted by Gasteiger charge is 2.35. The lowest BCUT2D eigenvalue weighted by Gasteiger charge is -2.14. The molecule has 3 aromatic rings. The van der Waals surface area contributed by atoms with E-state index in [1.54, 1.807) is 4.83 Å². The number of alkyl halides is 3. The van der Waals surface area contributed by atoms with Crippen LogP contribution in [0.4, 0.5) is 13.2 Å². The van der Waals surface area contributed by atoms with Gasteiger partial charge >= 0.3 is 11.9 Å². The van der Waals surface area contributed by atoms with Gasteiger partial charge in [0.2, 0.25) is 10.0 Å². The number of nitrogens with one attached hydrogen (secondary N) is 2. The molecule has 12 heteroatoms. The van der Waals surface area contributed by atoms with Crippen LogP contribution in [0.5, 0.6) is 0 Å². The Balaban J connectivity index is 2.41. The van der Waals surface area contributed by atoms with E-state index in [0.29, 0.717) is 6.07 Å². The first kappa shape index (κ1) is 18.6. The fourth-order valence-electron chi connectivity index (χ4n) is 2.48. The van der Waals surface area contributed by atoms with E-state index in [1.807, 2.05) is 0 Å². The Hall–Kier alpha value is -3.15. The molecule has 142 valence electrons. The molecule has 0 radical (unpaired) electrons. The average Bonchev–Trinajstić information content (AvgIpc) is 2.57. The summed E-state index contributed by atoms with van der Waals surface area (Å²) in [7, 11) is -3.98. The first-order chi connectivity index (χ1) is 12.5. The highest BCUT2D eigenvalue weighted by Crippen LogP contribution is 2.37. The van der Waals surface area contributed by atoms with Crippen molar-refractivity contribution in [1.29, 1.82) is 0 Å². The van der Waals surface area contributed by atoms with Crippen molar-refractivity contribution in [2.45, 2.75) is 6.18 Å². The maximum Gasteiger partial charge on any atom is 0.417 e. The zero-order valence-electron chi connectivity index (χ0n) is 13.5. The number of halogens is 3. The van der Waals surface area contributed by atoms with Gasteiger partial charge in [0, 0.05) is 11.8 Å². The Morgan fingerprint density at radius 2 is 1.89 bits per heavy atom. The van der Waals surface area contributed by atoms with E-state index in [0.717, 1.165) is 12.3 Å². The maximum absolute atomic E-state index is 13.5. The van der Waals surface area contributed by atoms with Gasteiger partial charge in [-0.25, -0.2) is 18.0 Å². The van der Waals surface area contributed by atoms with E-state index in [9.17, 15) is 31.2 Å². The van der Waals surface area contributed by atoms with Crippen LogP contribution in [0.25, 0.3) is 22.2 Å². The molecule has 2 heterocycles. The third-order valence-electron chi connectivity index (χ3n) is 3.54. The van der Waals surface area contributed by atoms with E-state index in [2.05, 4.69) is 9.97 Å². The van der Waals surface area contributed by atoms with Gasteiger partial charge in [0.25, 0.3) is 5.56 Å². The van der Waals surface area contributed by atoms with E-state index in [1.165, 1.54) is 24.4 Å². The standard InChI is InChI=1S/C15H11F3N4O4S/c1-27(25,26)21-22-13(23)9-6-8(11-4-2-3-5-19-11)10(15(16,17)18)7-12(9)20-14(22)24/h2-7,21H,1H3,(H,20,24). The number of aromatic amines is 1. The molecule has 2 N–H and O–H groups in total. The molecule has 0 saturated heterocycles. The number of nitrogens with zero attached hydrogens (tertiary/aromatic N) is 2. The molecule has 2 aromatic heterocycles. The maximum atomic E-state index is 13.5. The lowest BCUT2D eigenvalue weighted by molar-refractivity contribution is -0.137. The Morgan fingerprint density at radius 1 is 1.19 bits per heavy atom. The van der Waals surface area contributed by atoms with Crippen LogP contribution in [0.3, 0.4) is 0 Å². The number of pyridine rings is 1. The smallest absolute Gasteiger partial charge is 0.305 e. The molecule has 0 amide bonds. The molecule has 8 nitrogen and oxygen atoms in total. The predicted molar refractivity (Wildman–Crippen MR) is 91.3 cm³/mol. The summed E-state index contributed by atoms with van der Waals surface area (Å²) in [5.74, 6) is 0. The van der Waals surface area contributed by atoms with Gasteiger partial charge in [-0.3, -0.25) is 9.78 Å². The summed E-state index contributed by atoms with van der Waals surface area (Å²) in [5.41, 5.74) is -4.26. The van der Waals surface area contributed by atoms with Gasteiger partial charge in [-0.1, -0.05) is 6.07 Å². The van der Waals surface area contributed by atoms with Crippen molar-refractivity contribution in [3.63, 3.8) is 0 Å². The SMILES string of the molecule is CS(=O)(=O)Nn1c(=O)[nH]c2cc(C(F)(F)F)c(-c3ccccn3)cc2c1=O. The Labute approximate surface area is 149 Å². The molecule has 3 rings (SSSR count). The van der Waals surface area contributed by atoms with Crippen LogP contribution in [0.1, 0.15) is 5.56 Å². The second-order valence-electron chi connectivity index (χ2n) is 5.59. The number of hydrogen-bond acceptors (Lipinski definition) is 5. The highest BCUT2D eigenvalue weighted by atomic mass is 32.2. The zero-order valence-corrected chi connectivity index (χ0v) is 14.4. The summed E-state index contributed by atoms with van der Waals surface area (Å²) in [6, 6.07) is 5.85. The Kier molecular flexibility index (Phi) is 4.30. The molecule has 0 unspecified atom stereocenters. The monoisotopic (exact) mass is 400 g/mol. The fraction of sp³-hybridized carbons (Fsp3) is 0.133. The van der Waals surface area contributed by atoms with E-state index >= 15 is 0 Å². The molecular weight excluding hydrogens is 389 g/mol. The Bertz CT molecular complexity index is 1250. The largest absolute Gasteiger partial charge is 0.417 e. The summed E-state index contributed by atoms with van der Waals surface area (Å²) >= 11 is 0. The van der Waals surface area contributed by atoms with Crippen molar-refractivity contribution < 1.29 is 21.6 Å². The van der Waals surface area contributed by atoms with Crippen molar-refractivity contribution >= 4 is 20.9 Å². The van der Waals surface area contributed by atoms with Crippen molar-refractivity contribution in [3.05, 3.63) is 62.9 Å². The molecule has 0 aliphatic heterocycles. The molecule has 0 spiro atoms. The molecule has 0 atom stereocenters. The summed E-state index contributed by atoms with van der Waals surface area (Å²) in [6.45, 7) is 0. The van der Waals surface area contributed by atoms with Crippen molar-refractivity contribution in [2.75, 3.05) is 11.1 Å². The number of benzene rings is 1. The van der Waals surface area contributed by atoms with Crippen LogP contribution in [-0.2, 0) is 16.2 Å². The minimum atomic E-state index is -4.78. The molecule has 1 aromatic carbocycles. The molecule has 0 bridgehead atoms. The summed E-state index contributed by atoms with van der Waals surface area (Å²) in [5, 5.41) is -0.320. The van der Waals surface area contributed by atoms with Crippen molar-refractivity contribution in [3.8, 4) is 11.3 Å². The van der Waals surface area contributed by atoms with Gasteiger partial charge in [-0.05, 0) is 24.3 Å². The van der Waals surface area contributed by atoms with E-state index in [-0.39, 0.29) is 26.8 Å². The molecule has 0 fully saturated rings. The second-order valence-corrected chi connectivity index (χ2v) is 7.32. The number of rotatable bonds is 3. The average molecular weight is 400 g/mol. The van der Waals surface area contributed by atoms with Crippen molar-refractivity contribution in [2.24, 2.45) is 0 Å². The predicted octanol–water partition coefficient (Wildman–Crippen LogP) is 1.27. The minimum Gasteiger partial charge on any atom is -0.305 e. The minimum absolute atomic E-state index is 0.0417. The number of sulfonamides is 1. The summed E-state index contributed by atoms with van der Waals surface area (Å²) < 4.78 is 63.2. The zero-order chi connectivity index (χ0) is 20.0. The van der Waals surface area contributed by atoms with Crippen LogP contribution in [0.2, 0.25) is 0 Å². The second kappa shape index (κ2) is 6.23. The van der Waals surface area contributed by atoms with Gasteiger partial charge < -0.3 is 4.98 Å². The van der Waals surface area contributed by atoms with Crippen LogP contribution >= 0.6 is 0 Å². The van der Waals surface area contributed by atoms with Gasteiger partial charge in [-0.2, -0.15) is 17.8 Å². The summed E-state index contributed by atoms with van der Waals surface area (Å²) in [6.07, 6.45) is -2.77. The van der Waals surface area contributed by atoms with Gasteiger partial charge in [-0.15, -0.1) is 0 Å². The van der Waals surface area contributed by atoms with Crippen LogP contribution in [0, 0.1) is 0 Å². The number of aromatic nitrogens is 3. The normalized spacial score (nSPS) is 12.3. The molecule has 0 saturated carbocycles. The lowest BCUT2D eigenvalue weighted by Crippen LogP contribution is -2.43. The number of H-pyrrole nitrogens is 1. The van der Waals surface area contributed by atoms with Crippen LogP contribution in [0.15, 0.2) is 46.1 Å². The van der Waals surface area contributed by atoms with E-state index in [4.69, 9.17) is 0 Å². The Morgan fingerprint density at radius 3 is 2.44 bits per heavy atom. The number of fused-ring (bicyclic) bond motifs is 1. The van der Waals surface area contributed by atoms with Crippen LogP contribution < -0.4 is 16.1 Å². The molecule has 27 heavy (non-hydrogen) atoms. The molecule has 0 aliphatic rings. The first-order valence-electron chi connectivity index (χ1n) is 7.27. The first-order valence-corrected chi connectivity index (χ1v) is 9.16. The van der Waals surface area contributed by atoms with Crippen LogP contribution in [-0.4, -0.2) is 29.3 Å².